The predicted molar refractivity (Wildman–Crippen MR) is 115 cm³/mol. The molecule has 0 N–H and O–H groups in total. The summed E-state index contributed by atoms with van der Waals surface area (Å²) in [6, 6.07) is 28.4. The molecular formula is C25H18BN2Y2-2. The topological polar surface area (TPSA) is 16.8 Å². The molecule has 1 aromatic heterocycles. The number of hydrogen-bond donors (Lipinski definition) is 0. The number of aryl methyl sites for hydroxylation is 2. The summed E-state index contributed by atoms with van der Waals surface area (Å²) in [5, 5.41) is 4.90. The maximum Gasteiger partial charge on any atom is 0.264 e. The van der Waals surface area contributed by atoms with Crippen molar-refractivity contribution in [3.63, 3.8) is 0 Å². The van der Waals surface area contributed by atoms with Crippen LogP contribution in [-0.4, -0.2) is 13.4 Å². The Morgan fingerprint density at radius 1 is 0.867 bits per heavy atom. The normalized spacial score (nSPS) is 10.2. The third-order valence-corrected chi connectivity index (χ3v) is 5.11. The van der Waals surface area contributed by atoms with E-state index in [0.717, 1.165) is 28.1 Å². The SMILES string of the molecule is Cc1ccc(-c2[c-]c3c(cc2)[cH-]c2ccccc23)[c-]c1-c1nccc[n+]1C.[B].[Y].[Y]. The second-order valence-electron chi connectivity index (χ2n) is 6.92. The summed E-state index contributed by atoms with van der Waals surface area (Å²) in [4.78, 5) is 4.55. The Balaban J connectivity index is 0.00000107. The van der Waals surface area contributed by atoms with Gasteiger partial charge >= 0.3 is 0 Å². The summed E-state index contributed by atoms with van der Waals surface area (Å²) in [5.74, 6) is 0.914. The van der Waals surface area contributed by atoms with Gasteiger partial charge in [-0.25, -0.2) is 0 Å². The van der Waals surface area contributed by atoms with Gasteiger partial charge in [0.25, 0.3) is 5.82 Å². The van der Waals surface area contributed by atoms with Gasteiger partial charge in [0.05, 0.1) is 13.2 Å². The number of fused-ring (bicyclic) bond motifs is 3. The average Bonchev–Trinajstić information content (AvgIpc) is 3.07. The van der Waals surface area contributed by atoms with Gasteiger partial charge in [-0.15, -0.1) is 34.5 Å². The monoisotopic (exact) mass is 535 g/mol. The molecule has 139 valence electrons. The van der Waals surface area contributed by atoms with Crippen LogP contribution in [0, 0.1) is 19.1 Å². The fourth-order valence-corrected chi connectivity index (χ4v) is 3.66. The molecule has 5 aromatic rings. The first-order valence-electron chi connectivity index (χ1n) is 9.05. The zero-order chi connectivity index (χ0) is 18.4. The molecular weight excluding hydrogens is 517 g/mol. The van der Waals surface area contributed by atoms with Crippen LogP contribution in [0.1, 0.15) is 5.56 Å². The molecule has 0 saturated carbocycles. The van der Waals surface area contributed by atoms with Crippen molar-refractivity contribution in [1.29, 1.82) is 0 Å². The molecule has 5 rings (SSSR count). The van der Waals surface area contributed by atoms with Crippen molar-refractivity contribution in [3.8, 4) is 22.5 Å². The summed E-state index contributed by atoms with van der Waals surface area (Å²) >= 11 is 0. The summed E-state index contributed by atoms with van der Waals surface area (Å²) in [7, 11) is 2.01. The molecule has 0 spiro atoms. The molecule has 0 saturated heterocycles. The van der Waals surface area contributed by atoms with E-state index in [4.69, 9.17) is 0 Å². The molecule has 0 aliphatic heterocycles. The van der Waals surface area contributed by atoms with Crippen molar-refractivity contribution in [2.45, 2.75) is 6.92 Å². The van der Waals surface area contributed by atoms with E-state index >= 15 is 0 Å². The van der Waals surface area contributed by atoms with Crippen LogP contribution >= 0.6 is 0 Å². The Bertz CT molecular complexity index is 1310. The molecule has 0 amide bonds. The smallest absolute Gasteiger partial charge is 0.264 e. The van der Waals surface area contributed by atoms with Crippen molar-refractivity contribution in [2.24, 2.45) is 7.05 Å². The van der Waals surface area contributed by atoms with Crippen LogP contribution < -0.4 is 4.57 Å². The predicted octanol–water partition coefficient (Wildman–Crippen LogP) is 4.79. The fourth-order valence-electron chi connectivity index (χ4n) is 3.66. The van der Waals surface area contributed by atoms with Crippen LogP contribution in [0.4, 0.5) is 0 Å². The minimum atomic E-state index is 0. The van der Waals surface area contributed by atoms with Crippen LogP contribution in [0.2, 0.25) is 0 Å². The van der Waals surface area contributed by atoms with Gasteiger partial charge in [-0.1, -0.05) is 30.1 Å². The number of hydrogen-bond acceptors (Lipinski definition) is 1. The summed E-state index contributed by atoms with van der Waals surface area (Å²) in [6.07, 6.45) is 3.83. The minimum absolute atomic E-state index is 0. The van der Waals surface area contributed by atoms with Crippen LogP contribution in [0.3, 0.4) is 0 Å². The largest absolute Gasteiger partial charge is 0.265 e. The first-order chi connectivity index (χ1) is 13.2. The van der Waals surface area contributed by atoms with Gasteiger partial charge in [-0.05, 0) is 5.56 Å². The maximum absolute atomic E-state index is 4.55. The van der Waals surface area contributed by atoms with E-state index in [-0.39, 0.29) is 73.8 Å². The molecule has 0 bridgehead atoms. The molecule has 0 atom stereocenters. The second-order valence-corrected chi connectivity index (χ2v) is 6.92. The Morgan fingerprint density at radius 3 is 2.40 bits per heavy atom. The molecule has 30 heavy (non-hydrogen) atoms. The van der Waals surface area contributed by atoms with Crippen molar-refractivity contribution >= 4 is 30.0 Å². The number of rotatable bonds is 2. The second kappa shape index (κ2) is 10.5. The van der Waals surface area contributed by atoms with Crippen molar-refractivity contribution in [2.75, 3.05) is 0 Å². The van der Waals surface area contributed by atoms with Crippen molar-refractivity contribution < 1.29 is 70.0 Å². The third-order valence-electron chi connectivity index (χ3n) is 5.11. The van der Waals surface area contributed by atoms with Gasteiger partial charge in [-0.3, -0.25) is 4.57 Å². The van der Waals surface area contributed by atoms with Crippen LogP contribution in [0.15, 0.2) is 73.1 Å². The van der Waals surface area contributed by atoms with E-state index in [9.17, 15) is 0 Å². The molecule has 5 radical (unpaired) electrons. The standard InChI is InChI=1S/C25H18N2.B.2Y/c1-17-8-9-18(15-23(17)25-26-12-5-13-27(25)2)19-10-11-21-14-20-6-3-4-7-22(20)24(21)16-19;;;/h3-14H,1-2H3;;;/q-2;;;. The van der Waals surface area contributed by atoms with Gasteiger partial charge in [0.15, 0.2) is 0 Å². The van der Waals surface area contributed by atoms with E-state index in [2.05, 4.69) is 78.6 Å². The van der Waals surface area contributed by atoms with Crippen LogP contribution in [0.25, 0.3) is 44.1 Å². The molecule has 2 nitrogen and oxygen atoms in total. The van der Waals surface area contributed by atoms with Crippen molar-refractivity contribution in [1.82, 2.24) is 4.98 Å². The van der Waals surface area contributed by atoms with E-state index in [1.165, 1.54) is 21.5 Å². The molecule has 0 fully saturated rings. The fraction of sp³-hybridized carbons (Fsp3) is 0.0800. The summed E-state index contributed by atoms with van der Waals surface area (Å²) in [5.41, 5.74) is 4.27. The van der Waals surface area contributed by atoms with Crippen molar-refractivity contribution in [3.05, 3.63) is 90.8 Å². The van der Waals surface area contributed by atoms with E-state index in [0.29, 0.717) is 0 Å². The Labute approximate surface area is 229 Å². The molecule has 1 heterocycles. The first kappa shape index (κ1) is 25.1. The van der Waals surface area contributed by atoms with Crippen LogP contribution in [0.5, 0.6) is 0 Å². The zero-order valence-electron chi connectivity index (χ0n) is 17.1. The molecule has 5 heteroatoms. The van der Waals surface area contributed by atoms with E-state index < -0.39 is 0 Å². The van der Waals surface area contributed by atoms with Gasteiger partial charge in [0.2, 0.25) is 0 Å². The Kier molecular flexibility index (Phi) is 8.77. The number of aromatic nitrogens is 2. The third kappa shape index (κ3) is 4.55. The minimum Gasteiger partial charge on any atom is -0.265 e. The molecule has 0 aliphatic carbocycles. The maximum atomic E-state index is 4.55. The van der Waals surface area contributed by atoms with E-state index in [1.54, 1.807) is 0 Å². The summed E-state index contributed by atoms with van der Waals surface area (Å²) < 4.78 is 2.03. The van der Waals surface area contributed by atoms with Gasteiger partial charge in [0.1, 0.15) is 6.20 Å². The zero-order valence-corrected chi connectivity index (χ0v) is 22.7. The van der Waals surface area contributed by atoms with Gasteiger partial charge in [-0.2, -0.15) is 52.2 Å². The average molecular weight is 535 g/mol. The van der Waals surface area contributed by atoms with E-state index in [1.807, 2.05) is 30.1 Å². The number of benzene rings is 3. The first-order valence-corrected chi connectivity index (χ1v) is 9.05. The quantitative estimate of drug-likeness (QED) is 0.181. The summed E-state index contributed by atoms with van der Waals surface area (Å²) in [6.45, 7) is 2.10. The molecule has 0 aliphatic rings. The Hall–Kier alpha value is -1.12. The van der Waals surface area contributed by atoms with Gasteiger partial charge in [0, 0.05) is 79.9 Å². The molecule has 4 aromatic carbocycles. The van der Waals surface area contributed by atoms with Gasteiger partial charge < -0.3 is 0 Å². The Morgan fingerprint density at radius 2 is 1.60 bits per heavy atom. The molecule has 0 unspecified atom stereocenters. The van der Waals surface area contributed by atoms with Crippen LogP contribution in [-0.2, 0) is 72.5 Å². The number of nitrogens with zero attached hydrogens (tertiary/aromatic N) is 2.